The second-order valence-corrected chi connectivity index (χ2v) is 3.08. The summed E-state index contributed by atoms with van der Waals surface area (Å²) in [5, 5.41) is 0. The molecule has 0 atom stereocenters. The molecule has 66 valence electrons. The van der Waals surface area contributed by atoms with Crippen LogP contribution in [0, 0.1) is 0 Å². The van der Waals surface area contributed by atoms with E-state index in [-0.39, 0.29) is 0 Å². The molecule has 0 aliphatic carbocycles. The second kappa shape index (κ2) is 5.64. The molecule has 1 heteroatoms. The molecule has 0 aliphatic rings. The molecule has 0 bridgehead atoms. The molecule has 1 aromatic heterocycles. The van der Waals surface area contributed by atoms with Crippen molar-refractivity contribution in [2.75, 3.05) is 0 Å². The minimum atomic E-state index is 1.16. The molecule has 0 saturated heterocycles. The summed E-state index contributed by atoms with van der Waals surface area (Å²) in [6.45, 7) is 3.70. The number of aromatic amines is 1. The lowest BCUT2D eigenvalue weighted by atomic mass is 10.1. The summed E-state index contributed by atoms with van der Waals surface area (Å²) >= 11 is 0. The summed E-state index contributed by atoms with van der Waals surface area (Å²) in [5.41, 5.74) is 1.36. The summed E-state index contributed by atoms with van der Waals surface area (Å²) in [6.07, 6.45) is 10.2. The Bertz CT molecular complexity index is 199. The monoisotopic (exact) mass is 163 g/mol. The van der Waals surface area contributed by atoms with E-state index in [1.165, 1.54) is 31.4 Å². The van der Waals surface area contributed by atoms with Crippen molar-refractivity contribution in [3.05, 3.63) is 36.7 Å². The average molecular weight is 163 g/mol. The van der Waals surface area contributed by atoms with Crippen LogP contribution in [0.1, 0.15) is 31.4 Å². The molecule has 1 rings (SSSR count). The SMILES string of the molecule is C=CCCCCCc1ccc[nH]1. The molecule has 1 aromatic rings. The van der Waals surface area contributed by atoms with Gasteiger partial charge in [-0.25, -0.2) is 0 Å². The predicted molar refractivity (Wildman–Crippen MR) is 53.2 cm³/mol. The quantitative estimate of drug-likeness (QED) is 0.489. The van der Waals surface area contributed by atoms with Crippen molar-refractivity contribution in [1.29, 1.82) is 0 Å². The Labute approximate surface area is 74.5 Å². The first-order valence-electron chi connectivity index (χ1n) is 4.66. The maximum Gasteiger partial charge on any atom is 0.0147 e. The van der Waals surface area contributed by atoms with Crippen molar-refractivity contribution in [3.8, 4) is 0 Å². The van der Waals surface area contributed by atoms with Gasteiger partial charge in [0.25, 0.3) is 0 Å². The zero-order chi connectivity index (χ0) is 8.65. The zero-order valence-corrected chi connectivity index (χ0v) is 7.55. The molecule has 0 aliphatic heterocycles. The van der Waals surface area contributed by atoms with Gasteiger partial charge in [0, 0.05) is 11.9 Å². The Morgan fingerprint density at radius 2 is 2.25 bits per heavy atom. The maximum absolute atomic E-state index is 3.70. The van der Waals surface area contributed by atoms with Crippen LogP contribution in [0.15, 0.2) is 31.0 Å². The minimum absolute atomic E-state index is 1.16. The standard InChI is InChI=1S/C11H17N/c1-2-3-4-5-6-8-11-9-7-10-12-11/h2,7,9-10,12H,1,3-6,8H2. The molecule has 0 spiro atoms. The summed E-state index contributed by atoms with van der Waals surface area (Å²) in [5.74, 6) is 0. The number of hydrogen-bond donors (Lipinski definition) is 1. The topological polar surface area (TPSA) is 15.8 Å². The first kappa shape index (κ1) is 9.11. The fraction of sp³-hybridized carbons (Fsp3) is 0.455. The van der Waals surface area contributed by atoms with E-state index in [1.54, 1.807) is 0 Å². The largest absolute Gasteiger partial charge is 0.365 e. The predicted octanol–water partition coefficient (Wildman–Crippen LogP) is 3.30. The fourth-order valence-electron chi connectivity index (χ4n) is 1.30. The third-order valence-electron chi connectivity index (χ3n) is 2.02. The van der Waals surface area contributed by atoms with Gasteiger partial charge in [-0.05, 0) is 37.8 Å². The number of hydrogen-bond acceptors (Lipinski definition) is 0. The van der Waals surface area contributed by atoms with E-state index in [0.717, 1.165) is 6.42 Å². The van der Waals surface area contributed by atoms with Crippen molar-refractivity contribution < 1.29 is 0 Å². The third-order valence-corrected chi connectivity index (χ3v) is 2.02. The molecule has 12 heavy (non-hydrogen) atoms. The fourth-order valence-corrected chi connectivity index (χ4v) is 1.30. The molecule has 0 fully saturated rings. The van der Waals surface area contributed by atoms with Crippen LogP contribution in [0.4, 0.5) is 0 Å². The lowest BCUT2D eigenvalue weighted by molar-refractivity contribution is 0.681. The van der Waals surface area contributed by atoms with E-state index in [4.69, 9.17) is 0 Å². The first-order chi connectivity index (χ1) is 5.93. The third kappa shape index (κ3) is 3.42. The van der Waals surface area contributed by atoms with Crippen LogP contribution in [0.2, 0.25) is 0 Å². The molecule has 1 heterocycles. The molecular weight excluding hydrogens is 146 g/mol. The number of H-pyrrole nitrogens is 1. The highest BCUT2D eigenvalue weighted by molar-refractivity contribution is 5.03. The highest BCUT2D eigenvalue weighted by Gasteiger charge is 1.91. The Morgan fingerprint density at radius 3 is 2.92 bits per heavy atom. The van der Waals surface area contributed by atoms with E-state index in [9.17, 15) is 0 Å². The van der Waals surface area contributed by atoms with Gasteiger partial charge in [0.15, 0.2) is 0 Å². The van der Waals surface area contributed by atoms with Crippen LogP contribution in [0.25, 0.3) is 0 Å². The second-order valence-electron chi connectivity index (χ2n) is 3.08. The van der Waals surface area contributed by atoms with Gasteiger partial charge in [-0.1, -0.05) is 12.5 Å². The van der Waals surface area contributed by atoms with Crippen LogP contribution in [0.3, 0.4) is 0 Å². The molecule has 0 unspecified atom stereocenters. The molecule has 1 N–H and O–H groups in total. The van der Waals surface area contributed by atoms with E-state index < -0.39 is 0 Å². The first-order valence-corrected chi connectivity index (χ1v) is 4.66. The van der Waals surface area contributed by atoms with Crippen LogP contribution >= 0.6 is 0 Å². The van der Waals surface area contributed by atoms with E-state index in [0.29, 0.717) is 0 Å². The van der Waals surface area contributed by atoms with Gasteiger partial charge < -0.3 is 4.98 Å². The zero-order valence-electron chi connectivity index (χ0n) is 7.55. The molecule has 1 nitrogen and oxygen atoms in total. The average Bonchev–Trinajstić information content (AvgIpc) is 2.57. The van der Waals surface area contributed by atoms with Gasteiger partial charge >= 0.3 is 0 Å². The smallest absolute Gasteiger partial charge is 0.0147 e. The van der Waals surface area contributed by atoms with Gasteiger partial charge in [-0.2, -0.15) is 0 Å². The Morgan fingerprint density at radius 1 is 1.33 bits per heavy atom. The van der Waals surface area contributed by atoms with E-state index >= 15 is 0 Å². The Kier molecular flexibility index (Phi) is 4.28. The summed E-state index contributed by atoms with van der Waals surface area (Å²) < 4.78 is 0. The van der Waals surface area contributed by atoms with Crippen molar-refractivity contribution in [3.63, 3.8) is 0 Å². The highest BCUT2D eigenvalue weighted by atomic mass is 14.7. The Hall–Kier alpha value is -0.980. The molecule has 0 amide bonds. The van der Waals surface area contributed by atoms with Crippen molar-refractivity contribution >= 4 is 0 Å². The van der Waals surface area contributed by atoms with Crippen LogP contribution in [-0.4, -0.2) is 4.98 Å². The summed E-state index contributed by atoms with van der Waals surface area (Å²) in [4.78, 5) is 3.21. The normalized spacial score (nSPS) is 10.0. The molecule has 0 radical (unpaired) electrons. The van der Waals surface area contributed by atoms with Gasteiger partial charge in [-0.15, -0.1) is 6.58 Å². The molecule has 0 aromatic carbocycles. The number of allylic oxidation sites excluding steroid dienone is 1. The highest BCUT2D eigenvalue weighted by Crippen LogP contribution is 2.05. The molecule has 0 saturated carbocycles. The van der Waals surface area contributed by atoms with Crippen LogP contribution in [0.5, 0.6) is 0 Å². The van der Waals surface area contributed by atoms with Crippen molar-refractivity contribution in [1.82, 2.24) is 4.98 Å². The minimum Gasteiger partial charge on any atom is -0.365 e. The summed E-state index contributed by atoms with van der Waals surface area (Å²) in [6, 6.07) is 4.20. The number of unbranched alkanes of at least 4 members (excludes halogenated alkanes) is 3. The number of aromatic nitrogens is 1. The number of rotatable bonds is 6. The molecular formula is C11H17N. The van der Waals surface area contributed by atoms with Crippen LogP contribution in [-0.2, 0) is 6.42 Å². The number of nitrogens with one attached hydrogen (secondary N) is 1. The Balaban J connectivity index is 2.00. The lowest BCUT2D eigenvalue weighted by Gasteiger charge is -1.97. The summed E-state index contributed by atoms with van der Waals surface area (Å²) in [7, 11) is 0. The van der Waals surface area contributed by atoms with Crippen molar-refractivity contribution in [2.24, 2.45) is 0 Å². The maximum atomic E-state index is 3.70. The van der Waals surface area contributed by atoms with Gasteiger partial charge in [0.05, 0.1) is 0 Å². The van der Waals surface area contributed by atoms with Gasteiger partial charge in [0.1, 0.15) is 0 Å². The number of aryl methyl sites for hydroxylation is 1. The lowest BCUT2D eigenvalue weighted by Crippen LogP contribution is -1.84. The van der Waals surface area contributed by atoms with Gasteiger partial charge in [-0.3, -0.25) is 0 Å². The van der Waals surface area contributed by atoms with E-state index in [2.05, 4.69) is 23.7 Å². The van der Waals surface area contributed by atoms with E-state index in [1.807, 2.05) is 12.3 Å². The van der Waals surface area contributed by atoms with Crippen molar-refractivity contribution in [2.45, 2.75) is 32.1 Å². The van der Waals surface area contributed by atoms with Crippen LogP contribution < -0.4 is 0 Å². The van der Waals surface area contributed by atoms with Gasteiger partial charge in [0.2, 0.25) is 0 Å².